The van der Waals surface area contributed by atoms with Crippen LogP contribution in [0.15, 0.2) is 29.6 Å². The van der Waals surface area contributed by atoms with Crippen molar-refractivity contribution in [2.45, 2.75) is 26.8 Å². The molecule has 1 aromatic carbocycles. The van der Waals surface area contributed by atoms with Gasteiger partial charge in [0.15, 0.2) is 4.77 Å². The van der Waals surface area contributed by atoms with Gasteiger partial charge in [0.2, 0.25) is 0 Å². The van der Waals surface area contributed by atoms with Crippen molar-refractivity contribution < 1.29 is 4.39 Å². The minimum atomic E-state index is -0.205. The number of nitrogens with one attached hydrogen (secondary N) is 1. The van der Waals surface area contributed by atoms with Gasteiger partial charge in [0.25, 0.3) is 0 Å². The van der Waals surface area contributed by atoms with Crippen LogP contribution >= 0.6 is 23.6 Å². The highest BCUT2D eigenvalue weighted by Gasteiger charge is 2.22. The first kappa shape index (κ1) is 14.5. The van der Waals surface area contributed by atoms with Crippen molar-refractivity contribution in [2.75, 3.05) is 0 Å². The van der Waals surface area contributed by atoms with Crippen LogP contribution in [0.1, 0.15) is 30.3 Å². The van der Waals surface area contributed by atoms with E-state index >= 15 is 0 Å². The van der Waals surface area contributed by atoms with Crippen molar-refractivity contribution in [1.29, 1.82) is 0 Å². The summed E-state index contributed by atoms with van der Waals surface area (Å²) in [5, 5.41) is 2.08. The summed E-state index contributed by atoms with van der Waals surface area (Å²) in [4.78, 5) is 4.40. The second-order valence-electron chi connectivity index (χ2n) is 5.62. The molecule has 21 heavy (non-hydrogen) atoms. The molecule has 2 heterocycles. The number of aromatic amines is 1. The molecule has 0 saturated heterocycles. The van der Waals surface area contributed by atoms with Crippen LogP contribution in [0.3, 0.4) is 0 Å². The molecule has 0 bridgehead atoms. The first-order valence-corrected chi connectivity index (χ1v) is 8.21. The lowest BCUT2D eigenvalue weighted by molar-refractivity contribution is 0.448. The van der Waals surface area contributed by atoms with Crippen molar-refractivity contribution in [3.63, 3.8) is 0 Å². The van der Waals surface area contributed by atoms with Crippen LogP contribution in [-0.4, -0.2) is 9.55 Å². The molecule has 0 radical (unpaired) electrons. The number of thiophene rings is 1. The number of hydrogen-bond acceptors (Lipinski definition) is 2. The minimum Gasteiger partial charge on any atom is -0.330 e. The quantitative estimate of drug-likeness (QED) is 0.636. The van der Waals surface area contributed by atoms with Gasteiger partial charge in [-0.2, -0.15) is 0 Å². The molecule has 110 valence electrons. The van der Waals surface area contributed by atoms with Crippen molar-refractivity contribution in [1.82, 2.24) is 9.55 Å². The largest absolute Gasteiger partial charge is 0.330 e. The van der Waals surface area contributed by atoms with Crippen LogP contribution in [0.25, 0.3) is 11.0 Å². The lowest BCUT2D eigenvalue weighted by Crippen LogP contribution is -2.15. The number of aryl methyl sites for hydroxylation is 1. The number of hydrogen-bond donors (Lipinski definition) is 1. The Hall–Kier alpha value is -1.46. The van der Waals surface area contributed by atoms with Gasteiger partial charge in [-0.05, 0) is 54.2 Å². The summed E-state index contributed by atoms with van der Waals surface area (Å²) in [6, 6.07) is 7.75. The third kappa shape index (κ3) is 2.45. The van der Waals surface area contributed by atoms with Gasteiger partial charge in [-0.1, -0.05) is 19.9 Å². The van der Waals surface area contributed by atoms with Crippen molar-refractivity contribution >= 4 is 34.6 Å². The molecule has 0 aliphatic rings. The van der Waals surface area contributed by atoms with Gasteiger partial charge in [-0.15, -0.1) is 11.3 Å². The minimum absolute atomic E-state index is 0.163. The van der Waals surface area contributed by atoms with Crippen molar-refractivity contribution in [3.8, 4) is 0 Å². The molecule has 0 saturated carbocycles. The molecule has 0 amide bonds. The maximum absolute atomic E-state index is 13.8. The number of fused-ring (bicyclic) bond motifs is 1. The maximum atomic E-state index is 13.8. The lowest BCUT2D eigenvalue weighted by atomic mass is 10.0. The Bertz CT molecular complexity index is 828. The number of benzene rings is 1. The highest BCUT2D eigenvalue weighted by Crippen LogP contribution is 2.33. The highest BCUT2D eigenvalue weighted by molar-refractivity contribution is 7.71. The molecule has 5 heteroatoms. The normalized spacial score (nSPS) is 13.2. The van der Waals surface area contributed by atoms with Gasteiger partial charge in [0, 0.05) is 4.88 Å². The van der Waals surface area contributed by atoms with E-state index in [-0.39, 0.29) is 11.9 Å². The average molecular weight is 320 g/mol. The van der Waals surface area contributed by atoms with Crippen LogP contribution in [0.4, 0.5) is 4.39 Å². The number of H-pyrrole nitrogens is 1. The Morgan fingerprint density at radius 3 is 2.71 bits per heavy atom. The zero-order valence-electron chi connectivity index (χ0n) is 12.2. The molecule has 2 aromatic heterocycles. The van der Waals surface area contributed by atoms with Gasteiger partial charge in [-0.3, -0.25) is 0 Å². The van der Waals surface area contributed by atoms with Gasteiger partial charge in [0.05, 0.1) is 17.1 Å². The molecule has 1 unspecified atom stereocenters. The molecule has 0 fully saturated rings. The fourth-order valence-corrected chi connectivity index (χ4v) is 4.05. The van der Waals surface area contributed by atoms with E-state index in [1.807, 2.05) is 6.07 Å². The summed E-state index contributed by atoms with van der Waals surface area (Å²) >= 11 is 7.23. The Balaban J connectivity index is 2.30. The Labute approximate surface area is 132 Å². The first-order chi connectivity index (χ1) is 9.99. The first-order valence-electron chi connectivity index (χ1n) is 6.93. The molecule has 1 N–H and O–H groups in total. The van der Waals surface area contributed by atoms with E-state index in [4.69, 9.17) is 12.2 Å². The van der Waals surface area contributed by atoms with Crippen LogP contribution in [0.5, 0.6) is 0 Å². The van der Waals surface area contributed by atoms with E-state index in [0.717, 1.165) is 11.0 Å². The lowest BCUT2D eigenvalue weighted by Gasteiger charge is -2.22. The Morgan fingerprint density at radius 1 is 1.33 bits per heavy atom. The van der Waals surface area contributed by atoms with Gasteiger partial charge >= 0.3 is 0 Å². The Kier molecular flexibility index (Phi) is 3.71. The Morgan fingerprint density at radius 2 is 2.10 bits per heavy atom. The second kappa shape index (κ2) is 5.39. The number of halogens is 1. The van der Waals surface area contributed by atoms with Crippen LogP contribution in [0.2, 0.25) is 0 Å². The number of aromatic nitrogens is 2. The molecule has 0 spiro atoms. The summed E-state index contributed by atoms with van der Waals surface area (Å²) in [5.41, 5.74) is 2.36. The molecule has 2 nitrogen and oxygen atoms in total. The fraction of sp³-hybridized carbons (Fsp3) is 0.312. The summed E-state index contributed by atoms with van der Waals surface area (Å²) in [5.74, 6) is 0.183. The monoisotopic (exact) mass is 320 g/mol. The standard InChI is InChI=1S/C16H17FN2S2/c1-9(2)15(14-5-4-6-21-14)19-13-7-10(3)11(17)8-12(13)18-16(19)20/h4-9,15H,1-3H3,(H,18,20). The molecule has 0 aliphatic carbocycles. The van der Waals surface area contributed by atoms with Crippen LogP contribution in [0, 0.1) is 23.4 Å². The van der Waals surface area contributed by atoms with E-state index in [2.05, 4.69) is 40.9 Å². The number of rotatable bonds is 3. The summed E-state index contributed by atoms with van der Waals surface area (Å²) in [7, 11) is 0. The third-order valence-electron chi connectivity index (χ3n) is 3.74. The van der Waals surface area contributed by atoms with Gasteiger partial charge in [-0.25, -0.2) is 4.39 Å². The second-order valence-corrected chi connectivity index (χ2v) is 6.99. The van der Waals surface area contributed by atoms with Crippen molar-refractivity contribution in [3.05, 3.63) is 50.7 Å². The number of imidazole rings is 1. The topological polar surface area (TPSA) is 20.7 Å². The molecule has 3 aromatic rings. The van der Waals surface area contributed by atoms with E-state index in [1.165, 1.54) is 10.9 Å². The fourth-order valence-electron chi connectivity index (χ4n) is 2.74. The maximum Gasteiger partial charge on any atom is 0.178 e. The average Bonchev–Trinajstić information content (AvgIpc) is 3.01. The summed E-state index contributed by atoms with van der Waals surface area (Å²) in [6.45, 7) is 6.15. The predicted octanol–water partition coefficient (Wildman–Crippen LogP) is 5.45. The zero-order valence-corrected chi connectivity index (χ0v) is 13.8. The van der Waals surface area contributed by atoms with Crippen molar-refractivity contribution in [2.24, 2.45) is 5.92 Å². The third-order valence-corrected chi connectivity index (χ3v) is 4.98. The van der Waals surface area contributed by atoms with E-state index < -0.39 is 0 Å². The molecule has 1 atom stereocenters. The highest BCUT2D eigenvalue weighted by atomic mass is 32.1. The summed E-state index contributed by atoms with van der Waals surface area (Å²) in [6.07, 6.45) is 0. The molecule has 3 rings (SSSR count). The molecular weight excluding hydrogens is 303 g/mol. The van der Waals surface area contributed by atoms with Gasteiger partial charge < -0.3 is 9.55 Å². The van der Waals surface area contributed by atoms with Crippen LogP contribution < -0.4 is 0 Å². The smallest absolute Gasteiger partial charge is 0.178 e. The van der Waals surface area contributed by atoms with E-state index in [9.17, 15) is 4.39 Å². The number of nitrogens with zero attached hydrogens (tertiary/aromatic N) is 1. The van der Waals surface area contributed by atoms with E-state index in [1.54, 1.807) is 18.3 Å². The predicted molar refractivity (Wildman–Crippen MR) is 89.1 cm³/mol. The van der Waals surface area contributed by atoms with Crippen LogP contribution in [-0.2, 0) is 0 Å². The SMILES string of the molecule is Cc1cc2c(cc1F)[nH]c(=S)n2C(c1cccs1)C(C)C. The molecular formula is C16H17FN2S2. The van der Waals surface area contributed by atoms with E-state index in [0.29, 0.717) is 16.3 Å². The van der Waals surface area contributed by atoms with Gasteiger partial charge in [0.1, 0.15) is 5.82 Å². The summed E-state index contributed by atoms with van der Waals surface area (Å²) < 4.78 is 16.5. The zero-order chi connectivity index (χ0) is 15.1. The molecule has 0 aliphatic heterocycles.